The minimum atomic E-state index is -0.222. The lowest BCUT2D eigenvalue weighted by molar-refractivity contribution is 0.0795. The molecule has 164 valence electrons. The number of nitrogens with zero attached hydrogens (tertiary/aromatic N) is 6. The van der Waals surface area contributed by atoms with Crippen LogP contribution in [0.15, 0.2) is 48.8 Å². The fourth-order valence-electron chi connectivity index (χ4n) is 3.46. The van der Waals surface area contributed by atoms with Crippen molar-refractivity contribution in [2.24, 2.45) is 7.05 Å². The topological polar surface area (TPSA) is 94.6 Å². The van der Waals surface area contributed by atoms with Gasteiger partial charge in [-0.3, -0.25) is 14.3 Å². The normalized spacial score (nSPS) is 11.0. The second-order valence-corrected chi connectivity index (χ2v) is 7.45. The van der Waals surface area contributed by atoms with E-state index in [4.69, 9.17) is 4.74 Å². The van der Waals surface area contributed by atoms with Crippen LogP contribution >= 0.6 is 0 Å². The molecule has 0 unspecified atom stereocenters. The number of benzene rings is 1. The first-order chi connectivity index (χ1) is 15.4. The van der Waals surface area contributed by atoms with Crippen molar-refractivity contribution in [2.75, 3.05) is 20.7 Å². The van der Waals surface area contributed by atoms with Gasteiger partial charge in [0, 0.05) is 38.8 Å². The smallest absolute Gasteiger partial charge is 0.257 e. The van der Waals surface area contributed by atoms with E-state index in [2.05, 4.69) is 15.2 Å². The summed E-state index contributed by atoms with van der Waals surface area (Å²) in [6, 6.07) is 11.2. The molecule has 0 atom stereocenters. The number of carbonyl (C=O) groups excluding carboxylic acids is 2. The zero-order chi connectivity index (χ0) is 22.8. The summed E-state index contributed by atoms with van der Waals surface area (Å²) in [6.07, 6.45) is 3.34. The molecule has 0 aliphatic heterocycles. The van der Waals surface area contributed by atoms with Crippen LogP contribution in [0.25, 0.3) is 17.0 Å². The van der Waals surface area contributed by atoms with E-state index in [1.165, 1.54) is 10.9 Å². The first-order valence-corrected chi connectivity index (χ1v) is 10.2. The van der Waals surface area contributed by atoms with Crippen LogP contribution < -0.4 is 4.74 Å². The molecule has 1 amide bonds. The van der Waals surface area contributed by atoms with Crippen molar-refractivity contribution >= 4 is 17.3 Å². The lowest BCUT2D eigenvalue weighted by Gasteiger charge is -2.14. The predicted octanol–water partition coefficient (Wildman–Crippen LogP) is 2.66. The number of fused-ring (bicyclic) bond motifs is 1. The fraction of sp³-hybridized carbons (Fsp3) is 0.261. The third-order valence-electron chi connectivity index (χ3n) is 5.35. The van der Waals surface area contributed by atoms with E-state index >= 15 is 0 Å². The molecule has 9 heteroatoms. The summed E-state index contributed by atoms with van der Waals surface area (Å²) in [5.74, 6) is 0.881. The van der Waals surface area contributed by atoms with Crippen molar-refractivity contribution < 1.29 is 14.3 Å². The Balaban J connectivity index is 1.61. The number of rotatable bonds is 7. The van der Waals surface area contributed by atoms with Crippen LogP contribution in [0, 0.1) is 0 Å². The predicted molar refractivity (Wildman–Crippen MR) is 119 cm³/mol. The zero-order valence-electron chi connectivity index (χ0n) is 18.4. The Morgan fingerprint density at radius 2 is 2.00 bits per heavy atom. The van der Waals surface area contributed by atoms with E-state index in [0.29, 0.717) is 29.3 Å². The van der Waals surface area contributed by atoms with Crippen LogP contribution in [0.3, 0.4) is 0 Å². The number of ether oxygens (including phenoxy) is 1. The highest BCUT2D eigenvalue weighted by Crippen LogP contribution is 2.22. The Hall–Kier alpha value is -4.01. The number of amides is 1. The molecule has 3 heterocycles. The SMILES string of the molecule is CCN(C)C(=O)c1cnn(C)c1C(=O)Cc1ccn2nc(-c3cccc(OC)c3)nc2c1. The van der Waals surface area contributed by atoms with E-state index in [0.717, 1.165) is 16.9 Å². The number of ketones is 1. The molecule has 0 bridgehead atoms. The molecule has 0 aliphatic rings. The Labute approximate surface area is 185 Å². The maximum absolute atomic E-state index is 13.1. The molecular formula is C23H24N6O3. The van der Waals surface area contributed by atoms with Crippen molar-refractivity contribution in [3.8, 4) is 17.1 Å². The number of methoxy groups -OCH3 is 1. The quantitative estimate of drug-likeness (QED) is 0.417. The maximum atomic E-state index is 13.1. The molecule has 0 saturated heterocycles. The highest BCUT2D eigenvalue weighted by Gasteiger charge is 2.24. The molecule has 0 radical (unpaired) electrons. The molecule has 4 rings (SSSR count). The average Bonchev–Trinajstić information content (AvgIpc) is 3.41. The van der Waals surface area contributed by atoms with E-state index < -0.39 is 0 Å². The molecule has 0 saturated carbocycles. The second kappa shape index (κ2) is 8.62. The Kier molecular flexibility index (Phi) is 5.72. The van der Waals surface area contributed by atoms with Gasteiger partial charge in [0.05, 0.1) is 18.9 Å². The lowest BCUT2D eigenvalue weighted by atomic mass is 10.0. The minimum Gasteiger partial charge on any atom is -0.497 e. The highest BCUT2D eigenvalue weighted by molar-refractivity contribution is 6.07. The van der Waals surface area contributed by atoms with E-state index in [1.807, 2.05) is 43.3 Å². The van der Waals surface area contributed by atoms with Crippen LogP contribution in [-0.4, -0.2) is 61.7 Å². The van der Waals surface area contributed by atoms with Crippen LogP contribution in [-0.2, 0) is 13.5 Å². The first-order valence-electron chi connectivity index (χ1n) is 10.2. The molecule has 0 N–H and O–H groups in total. The van der Waals surface area contributed by atoms with Crippen LogP contribution in [0.1, 0.15) is 33.3 Å². The largest absolute Gasteiger partial charge is 0.497 e. The summed E-state index contributed by atoms with van der Waals surface area (Å²) in [5, 5.41) is 8.64. The Morgan fingerprint density at radius 1 is 1.19 bits per heavy atom. The van der Waals surface area contributed by atoms with Gasteiger partial charge in [0.25, 0.3) is 5.91 Å². The third-order valence-corrected chi connectivity index (χ3v) is 5.35. The average molecular weight is 432 g/mol. The molecule has 0 fully saturated rings. The summed E-state index contributed by atoms with van der Waals surface area (Å²) in [4.78, 5) is 31.8. The minimum absolute atomic E-state index is 0.119. The van der Waals surface area contributed by atoms with Crippen molar-refractivity contribution in [2.45, 2.75) is 13.3 Å². The van der Waals surface area contributed by atoms with Gasteiger partial charge < -0.3 is 9.64 Å². The molecule has 1 aromatic carbocycles. The van der Waals surface area contributed by atoms with Crippen LogP contribution in [0.4, 0.5) is 0 Å². The summed E-state index contributed by atoms with van der Waals surface area (Å²) >= 11 is 0. The van der Waals surface area contributed by atoms with Gasteiger partial charge >= 0.3 is 0 Å². The molecule has 4 aromatic rings. The molecule has 3 aromatic heterocycles. The van der Waals surface area contributed by atoms with Crippen molar-refractivity contribution in [3.63, 3.8) is 0 Å². The number of hydrogen-bond donors (Lipinski definition) is 0. The van der Waals surface area contributed by atoms with Gasteiger partial charge in [-0.1, -0.05) is 12.1 Å². The fourth-order valence-corrected chi connectivity index (χ4v) is 3.46. The van der Waals surface area contributed by atoms with Gasteiger partial charge in [-0.2, -0.15) is 5.10 Å². The summed E-state index contributed by atoms with van der Waals surface area (Å²) in [7, 11) is 4.97. The highest BCUT2D eigenvalue weighted by atomic mass is 16.5. The molecule has 9 nitrogen and oxygen atoms in total. The molecular weight excluding hydrogens is 408 g/mol. The number of carbonyl (C=O) groups is 2. The summed E-state index contributed by atoms with van der Waals surface area (Å²) < 4.78 is 8.39. The lowest BCUT2D eigenvalue weighted by Crippen LogP contribution is -2.28. The number of pyridine rings is 1. The van der Waals surface area contributed by atoms with Gasteiger partial charge in [-0.05, 0) is 36.8 Å². The second-order valence-electron chi connectivity index (χ2n) is 7.45. The molecule has 32 heavy (non-hydrogen) atoms. The van der Waals surface area contributed by atoms with Gasteiger partial charge in [-0.25, -0.2) is 9.50 Å². The van der Waals surface area contributed by atoms with Crippen molar-refractivity contribution in [1.82, 2.24) is 29.3 Å². The first kappa shape index (κ1) is 21.2. The van der Waals surface area contributed by atoms with Crippen LogP contribution in [0.5, 0.6) is 5.75 Å². The summed E-state index contributed by atoms with van der Waals surface area (Å²) in [6.45, 7) is 2.42. The Bertz CT molecular complexity index is 1310. The Morgan fingerprint density at radius 3 is 2.75 bits per heavy atom. The van der Waals surface area contributed by atoms with Crippen LogP contribution in [0.2, 0.25) is 0 Å². The van der Waals surface area contributed by atoms with E-state index in [-0.39, 0.29) is 18.1 Å². The van der Waals surface area contributed by atoms with Crippen molar-refractivity contribution in [1.29, 1.82) is 0 Å². The van der Waals surface area contributed by atoms with E-state index in [9.17, 15) is 9.59 Å². The molecule has 0 aliphatic carbocycles. The van der Waals surface area contributed by atoms with Gasteiger partial charge in [0.1, 0.15) is 11.4 Å². The van der Waals surface area contributed by atoms with Gasteiger partial charge in [0.2, 0.25) is 0 Å². The third kappa shape index (κ3) is 3.96. The molecule has 0 spiro atoms. The standard InChI is InChI=1S/C23H24N6O3/c1-5-27(2)23(31)18-14-24-28(3)21(18)19(30)11-15-9-10-29-20(12-15)25-22(26-29)16-7-6-8-17(13-16)32-4/h6-10,12-14H,5,11H2,1-4H3. The number of Topliss-reactive ketones (excluding diaryl/α,β-unsaturated/α-hetero) is 1. The van der Waals surface area contributed by atoms with Gasteiger partial charge in [0.15, 0.2) is 17.3 Å². The number of aryl methyl sites for hydroxylation is 1. The van der Waals surface area contributed by atoms with E-state index in [1.54, 1.807) is 36.8 Å². The zero-order valence-corrected chi connectivity index (χ0v) is 18.4. The monoisotopic (exact) mass is 432 g/mol. The van der Waals surface area contributed by atoms with Gasteiger partial charge in [-0.15, -0.1) is 5.10 Å². The summed E-state index contributed by atoms with van der Waals surface area (Å²) in [5.41, 5.74) is 2.85. The number of aromatic nitrogens is 5. The van der Waals surface area contributed by atoms with Crippen molar-refractivity contribution in [3.05, 3.63) is 65.6 Å². The maximum Gasteiger partial charge on any atom is 0.257 e. The number of hydrogen-bond acceptors (Lipinski definition) is 6.